The van der Waals surface area contributed by atoms with Crippen molar-refractivity contribution in [2.45, 2.75) is 45.6 Å². The number of hydrogen-bond acceptors (Lipinski definition) is 5. The van der Waals surface area contributed by atoms with Crippen molar-refractivity contribution in [2.75, 3.05) is 51.3 Å². The number of piperazine rings is 1. The van der Waals surface area contributed by atoms with E-state index in [1.807, 2.05) is 26.8 Å². The van der Waals surface area contributed by atoms with E-state index in [1.165, 1.54) is 5.69 Å². The summed E-state index contributed by atoms with van der Waals surface area (Å²) >= 11 is 0. The Kier molecular flexibility index (Phi) is 6.43. The van der Waals surface area contributed by atoms with Crippen LogP contribution in [0.5, 0.6) is 0 Å². The molecule has 0 bridgehead atoms. The summed E-state index contributed by atoms with van der Waals surface area (Å²) < 4.78 is 11.2. The number of anilines is 1. The van der Waals surface area contributed by atoms with E-state index in [0.29, 0.717) is 11.5 Å². The Morgan fingerprint density at radius 3 is 2.44 bits per heavy atom. The molecule has 1 aromatic carbocycles. The van der Waals surface area contributed by atoms with Gasteiger partial charge in [-0.3, -0.25) is 0 Å². The molecule has 2 heterocycles. The van der Waals surface area contributed by atoms with Gasteiger partial charge in [0.2, 0.25) is 0 Å². The third kappa shape index (κ3) is 5.69. The zero-order chi connectivity index (χ0) is 19.4. The molecule has 2 fully saturated rings. The fourth-order valence-corrected chi connectivity index (χ4v) is 3.80. The fourth-order valence-electron chi connectivity index (χ4n) is 3.80. The van der Waals surface area contributed by atoms with E-state index in [2.05, 4.69) is 29.0 Å². The molecule has 5 nitrogen and oxygen atoms in total. The number of ether oxygens (including phenoxy) is 2. The number of carbonyl (C=O) groups is 1. The monoisotopic (exact) mass is 374 g/mol. The van der Waals surface area contributed by atoms with Crippen LogP contribution in [0, 0.1) is 5.92 Å². The lowest BCUT2D eigenvalue weighted by atomic mass is 9.89. The lowest BCUT2D eigenvalue weighted by Gasteiger charge is -2.34. The summed E-state index contributed by atoms with van der Waals surface area (Å²) in [5, 5.41) is 0. The zero-order valence-corrected chi connectivity index (χ0v) is 17.3. The molecule has 0 atom stereocenters. The van der Waals surface area contributed by atoms with E-state index in [0.717, 1.165) is 64.2 Å². The summed E-state index contributed by atoms with van der Waals surface area (Å²) in [6.45, 7) is 11.6. The molecule has 2 aliphatic rings. The Morgan fingerprint density at radius 2 is 1.81 bits per heavy atom. The molecular formula is C22H34N2O3. The Morgan fingerprint density at radius 1 is 1.15 bits per heavy atom. The number of esters is 1. The average molecular weight is 375 g/mol. The second-order valence-corrected chi connectivity index (χ2v) is 8.89. The van der Waals surface area contributed by atoms with Crippen molar-refractivity contribution in [3.05, 3.63) is 29.3 Å². The first kappa shape index (κ1) is 20.2. The van der Waals surface area contributed by atoms with Gasteiger partial charge in [0.25, 0.3) is 0 Å². The highest BCUT2D eigenvalue weighted by Gasteiger charge is 2.24. The standard InChI is InChI=1S/C22H34N2O3/c1-22(2,3)27-21(25)20-6-5-19(24-11-9-23(4)10-12-24)16-18(20)15-17-7-13-26-14-8-17/h5-6,16-17H,7-15H2,1-4H3. The summed E-state index contributed by atoms with van der Waals surface area (Å²) in [6, 6.07) is 6.27. The van der Waals surface area contributed by atoms with Crippen molar-refractivity contribution in [3.63, 3.8) is 0 Å². The molecule has 3 rings (SSSR count). The van der Waals surface area contributed by atoms with Crippen LogP contribution in [0.25, 0.3) is 0 Å². The van der Waals surface area contributed by atoms with Gasteiger partial charge in [0.15, 0.2) is 0 Å². The summed E-state index contributed by atoms with van der Waals surface area (Å²) in [5.74, 6) is 0.358. The minimum atomic E-state index is -0.483. The fraction of sp³-hybridized carbons (Fsp3) is 0.682. The summed E-state index contributed by atoms with van der Waals surface area (Å²) in [7, 11) is 2.17. The van der Waals surface area contributed by atoms with Crippen molar-refractivity contribution in [1.82, 2.24) is 4.90 Å². The second kappa shape index (κ2) is 8.61. The number of likely N-dealkylation sites (N-methyl/N-ethyl adjacent to an activating group) is 1. The first-order valence-corrected chi connectivity index (χ1v) is 10.2. The van der Waals surface area contributed by atoms with Crippen molar-refractivity contribution >= 4 is 11.7 Å². The van der Waals surface area contributed by atoms with Crippen LogP contribution in [0.15, 0.2) is 18.2 Å². The number of rotatable bonds is 4. The molecule has 2 saturated heterocycles. The molecule has 150 valence electrons. The van der Waals surface area contributed by atoms with Gasteiger partial charge in [-0.15, -0.1) is 0 Å². The first-order chi connectivity index (χ1) is 12.8. The Hall–Kier alpha value is -1.59. The topological polar surface area (TPSA) is 42.0 Å². The first-order valence-electron chi connectivity index (χ1n) is 10.2. The SMILES string of the molecule is CN1CCN(c2ccc(C(=O)OC(C)(C)C)c(CC3CCOCC3)c2)CC1. The van der Waals surface area contributed by atoms with Gasteiger partial charge in [-0.2, -0.15) is 0 Å². The number of benzene rings is 1. The van der Waals surface area contributed by atoms with Gasteiger partial charge < -0.3 is 19.3 Å². The highest BCUT2D eigenvalue weighted by molar-refractivity contribution is 5.92. The molecule has 0 spiro atoms. The minimum Gasteiger partial charge on any atom is -0.456 e. The van der Waals surface area contributed by atoms with Gasteiger partial charge in [-0.1, -0.05) is 0 Å². The van der Waals surface area contributed by atoms with E-state index in [-0.39, 0.29) is 5.97 Å². The van der Waals surface area contributed by atoms with Gasteiger partial charge in [-0.25, -0.2) is 4.79 Å². The molecule has 0 amide bonds. The predicted molar refractivity (Wildman–Crippen MR) is 109 cm³/mol. The molecule has 0 N–H and O–H groups in total. The quantitative estimate of drug-likeness (QED) is 0.756. The number of carbonyl (C=O) groups excluding carboxylic acids is 1. The van der Waals surface area contributed by atoms with Gasteiger partial charge >= 0.3 is 5.97 Å². The molecule has 0 aromatic heterocycles. The van der Waals surface area contributed by atoms with Crippen molar-refractivity contribution < 1.29 is 14.3 Å². The lowest BCUT2D eigenvalue weighted by Crippen LogP contribution is -2.44. The van der Waals surface area contributed by atoms with Crippen LogP contribution in [0.4, 0.5) is 5.69 Å². The number of nitrogens with zero attached hydrogens (tertiary/aromatic N) is 2. The van der Waals surface area contributed by atoms with Gasteiger partial charge in [0, 0.05) is 45.1 Å². The maximum Gasteiger partial charge on any atom is 0.338 e. The predicted octanol–water partition coefficient (Wildman–Crippen LogP) is 3.36. The van der Waals surface area contributed by atoms with E-state index in [9.17, 15) is 4.79 Å². The zero-order valence-electron chi connectivity index (χ0n) is 17.3. The van der Waals surface area contributed by atoms with E-state index in [4.69, 9.17) is 9.47 Å². The highest BCUT2D eigenvalue weighted by Crippen LogP contribution is 2.28. The van der Waals surface area contributed by atoms with Crippen LogP contribution in [-0.4, -0.2) is 62.9 Å². The van der Waals surface area contributed by atoms with Crippen molar-refractivity contribution in [1.29, 1.82) is 0 Å². The molecule has 2 aliphatic heterocycles. The Balaban J connectivity index is 1.83. The van der Waals surface area contributed by atoms with Crippen LogP contribution in [0.2, 0.25) is 0 Å². The average Bonchev–Trinajstić information content (AvgIpc) is 2.61. The maximum atomic E-state index is 12.8. The van der Waals surface area contributed by atoms with Crippen LogP contribution >= 0.6 is 0 Å². The van der Waals surface area contributed by atoms with Crippen LogP contribution < -0.4 is 4.90 Å². The summed E-state index contributed by atoms with van der Waals surface area (Å²) in [5.41, 5.74) is 2.57. The molecule has 5 heteroatoms. The number of hydrogen-bond donors (Lipinski definition) is 0. The third-order valence-corrected chi connectivity index (χ3v) is 5.43. The molecular weight excluding hydrogens is 340 g/mol. The molecule has 27 heavy (non-hydrogen) atoms. The molecule has 0 aliphatic carbocycles. The van der Waals surface area contributed by atoms with E-state index >= 15 is 0 Å². The van der Waals surface area contributed by atoms with Crippen molar-refractivity contribution in [2.24, 2.45) is 5.92 Å². The Labute approximate surface area is 163 Å². The minimum absolute atomic E-state index is 0.213. The largest absolute Gasteiger partial charge is 0.456 e. The highest BCUT2D eigenvalue weighted by atomic mass is 16.6. The summed E-state index contributed by atoms with van der Waals surface area (Å²) in [6.07, 6.45) is 3.04. The second-order valence-electron chi connectivity index (χ2n) is 8.89. The van der Waals surface area contributed by atoms with Gasteiger partial charge in [-0.05, 0) is 76.8 Å². The maximum absolute atomic E-state index is 12.8. The van der Waals surface area contributed by atoms with E-state index < -0.39 is 5.60 Å². The molecule has 0 radical (unpaired) electrons. The lowest BCUT2D eigenvalue weighted by molar-refractivity contribution is 0.00677. The van der Waals surface area contributed by atoms with E-state index in [1.54, 1.807) is 0 Å². The molecule has 0 saturated carbocycles. The Bertz CT molecular complexity index is 639. The summed E-state index contributed by atoms with van der Waals surface area (Å²) in [4.78, 5) is 17.6. The molecule has 1 aromatic rings. The van der Waals surface area contributed by atoms with Gasteiger partial charge in [0.1, 0.15) is 5.60 Å². The van der Waals surface area contributed by atoms with Crippen LogP contribution in [-0.2, 0) is 15.9 Å². The van der Waals surface area contributed by atoms with Crippen LogP contribution in [0.1, 0.15) is 49.5 Å². The third-order valence-electron chi connectivity index (χ3n) is 5.43. The van der Waals surface area contributed by atoms with Gasteiger partial charge in [0.05, 0.1) is 5.56 Å². The van der Waals surface area contributed by atoms with Crippen LogP contribution in [0.3, 0.4) is 0 Å². The molecule has 0 unspecified atom stereocenters. The normalized spacial score (nSPS) is 19.9. The van der Waals surface area contributed by atoms with Crippen molar-refractivity contribution in [3.8, 4) is 0 Å². The smallest absolute Gasteiger partial charge is 0.338 e.